The Morgan fingerprint density at radius 1 is 1.47 bits per heavy atom. The van der Waals surface area contributed by atoms with Crippen molar-refractivity contribution >= 4 is 17.5 Å². The second kappa shape index (κ2) is 4.92. The summed E-state index contributed by atoms with van der Waals surface area (Å²) < 4.78 is 0. The molecule has 0 saturated carbocycles. The number of hydrogen-bond donors (Lipinski definition) is 0. The summed E-state index contributed by atoms with van der Waals surface area (Å²) in [6, 6.07) is 4.35. The zero-order valence-corrected chi connectivity index (χ0v) is 10.1. The second-order valence-electron chi connectivity index (χ2n) is 3.82. The van der Waals surface area contributed by atoms with Crippen molar-refractivity contribution in [3.63, 3.8) is 0 Å². The highest BCUT2D eigenvalue weighted by Gasteiger charge is 2.05. The lowest BCUT2D eigenvalue weighted by atomic mass is 9.98. The third kappa shape index (κ3) is 2.56. The molecule has 1 aromatic rings. The Kier molecular flexibility index (Phi) is 3.84. The molecule has 1 rings (SSSR count). The van der Waals surface area contributed by atoms with Crippen molar-refractivity contribution in [1.82, 2.24) is 0 Å². The zero-order chi connectivity index (χ0) is 11.4. The van der Waals surface area contributed by atoms with Gasteiger partial charge in [-0.3, -0.25) is 4.99 Å². The molecule has 0 heterocycles. The highest BCUT2D eigenvalue weighted by atomic mass is 14.7. The lowest BCUT2D eigenvalue weighted by molar-refractivity contribution is 1.10. The summed E-state index contributed by atoms with van der Waals surface area (Å²) >= 11 is 0. The molecule has 1 heteroatoms. The quantitative estimate of drug-likeness (QED) is 0.646. The molecule has 0 bridgehead atoms. The van der Waals surface area contributed by atoms with E-state index in [-0.39, 0.29) is 0 Å². The van der Waals surface area contributed by atoms with Gasteiger partial charge < -0.3 is 0 Å². The average molecular weight is 201 g/mol. The molecule has 0 aliphatic heterocycles. The minimum atomic E-state index is 1.03. The minimum absolute atomic E-state index is 1.03. The molecule has 0 amide bonds. The molecule has 0 aliphatic carbocycles. The predicted molar refractivity (Wildman–Crippen MR) is 69.1 cm³/mol. The molecule has 0 aromatic heterocycles. The van der Waals surface area contributed by atoms with Crippen molar-refractivity contribution in [3.05, 3.63) is 35.4 Å². The second-order valence-corrected chi connectivity index (χ2v) is 3.82. The molecule has 1 nitrogen and oxygen atoms in total. The standard InChI is InChI=1S/C14H19N/c1-6-12-9-13(10(3)4)14(15-7-2)8-11(12)5/h7-9H,3,6H2,1-2,4-5H3/b15-7-. The first kappa shape index (κ1) is 11.7. The molecule has 0 aliphatic rings. The van der Waals surface area contributed by atoms with Gasteiger partial charge in [0, 0.05) is 11.8 Å². The molecule has 0 N–H and O–H groups in total. The van der Waals surface area contributed by atoms with Crippen molar-refractivity contribution in [2.45, 2.75) is 34.1 Å². The van der Waals surface area contributed by atoms with Crippen LogP contribution in [0.15, 0.2) is 23.7 Å². The van der Waals surface area contributed by atoms with Gasteiger partial charge in [0.1, 0.15) is 0 Å². The van der Waals surface area contributed by atoms with E-state index in [1.807, 2.05) is 20.1 Å². The van der Waals surface area contributed by atoms with E-state index in [0.717, 1.165) is 23.2 Å². The van der Waals surface area contributed by atoms with E-state index >= 15 is 0 Å². The molecule has 1 aromatic carbocycles. The fraction of sp³-hybridized carbons (Fsp3) is 0.357. The molecule has 0 atom stereocenters. The Morgan fingerprint density at radius 3 is 2.60 bits per heavy atom. The highest BCUT2D eigenvalue weighted by molar-refractivity contribution is 5.76. The summed E-state index contributed by atoms with van der Waals surface area (Å²) in [5.41, 5.74) is 5.95. The van der Waals surface area contributed by atoms with Crippen LogP contribution in [-0.2, 0) is 6.42 Å². The van der Waals surface area contributed by atoms with Crippen molar-refractivity contribution in [1.29, 1.82) is 0 Å². The number of nitrogens with zero attached hydrogens (tertiary/aromatic N) is 1. The van der Waals surface area contributed by atoms with Gasteiger partial charge in [-0.15, -0.1) is 0 Å². The molecular formula is C14H19N. The van der Waals surface area contributed by atoms with E-state index in [9.17, 15) is 0 Å². The van der Waals surface area contributed by atoms with Crippen LogP contribution in [0, 0.1) is 6.92 Å². The zero-order valence-electron chi connectivity index (χ0n) is 10.1. The van der Waals surface area contributed by atoms with Crippen molar-refractivity contribution in [2.24, 2.45) is 4.99 Å². The maximum absolute atomic E-state index is 4.38. The summed E-state index contributed by atoms with van der Waals surface area (Å²) in [5.74, 6) is 0. The summed E-state index contributed by atoms with van der Waals surface area (Å²) in [6.07, 6.45) is 2.88. The monoisotopic (exact) mass is 201 g/mol. The van der Waals surface area contributed by atoms with Gasteiger partial charge in [-0.05, 0) is 56.0 Å². The van der Waals surface area contributed by atoms with Crippen LogP contribution in [0.4, 0.5) is 5.69 Å². The van der Waals surface area contributed by atoms with Gasteiger partial charge in [0.25, 0.3) is 0 Å². The topological polar surface area (TPSA) is 12.4 Å². The van der Waals surface area contributed by atoms with Gasteiger partial charge >= 0.3 is 0 Å². The first-order valence-corrected chi connectivity index (χ1v) is 5.38. The Hall–Kier alpha value is -1.37. The summed E-state index contributed by atoms with van der Waals surface area (Å²) in [7, 11) is 0. The summed E-state index contributed by atoms with van der Waals surface area (Å²) in [4.78, 5) is 4.38. The first-order chi connectivity index (χ1) is 7.10. The third-order valence-corrected chi connectivity index (χ3v) is 2.56. The van der Waals surface area contributed by atoms with E-state index in [1.54, 1.807) is 0 Å². The van der Waals surface area contributed by atoms with E-state index in [4.69, 9.17) is 0 Å². The van der Waals surface area contributed by atoms with E-state index in [1.165, 1.54) is 11.1 Å². The number of aryl methyl sites for hydroxylation is 2. The summed E-state index contributed by atoms with van der Waals surface area (Å²) in [5, 5.41) is 0. The van der Waals surface area contributed by atoms with Crippen LogP contribution in [0.2, 0.25) is 0 Å². The largest absolute Gasteiger partial charge is 0.261 e. The maximum atomic E-state index is 4.38. The SMILES string of the molecule is C=C(C)c1cc(CC)c(C)cc1/N=C\C. The molecule has 0 fully saturated rings. The lowest BCUT2D eigenvalue weighted by Crippen LogP contribution is -1.90. The molecule has 0 radical (unpaired) electrons. The normalized spacial score (nSPS) is 10.9. The van der Waals surface area contributed by atoms with Crippen LogP contribution in [0.25, 0.3) is 5.57 Å². The molecule has 0 spiro atoms. The number of rotatable bonds is 3. The van der Waals surface area contributed by atoms with Crippen LogP contribution >= 0.6 is 0 Å². The molecule has 0 unspecified atom stereocenters. The number of aliphatic imine (C=N–C) groups is 1. The predicted octanol–water partition coefficient (Wildman–Crippen LogP) is 4.31. The molecule has 0 saturated heterocycles. The van der Waals surface area contributed by atoms with E-state index in [0.29, 0.717) is 0 Å². The summed E-state index contributed by atoms with van der Waals surface area (Å²) in [6.45, 7) is 12.3. The van der Waals surface area contributed by atoms with Crippen molar-refractivity contribution in [3.8, 4) is 0 Å². The molecule has 15 heavy (non-hydrogen) atoms. The van der Waals surface area contributed by atoms with Gasteiger partial charge in [0.2, 0.25) is 0 Å². The average Bonchev–Trinajstić information content (AvgIpc) is 2.18. The Bertz CT molecular complexity index is 400. The van der Waals surface area contributed by atoms with Gasteiger partial charge in [-0.25, -0.2) is 0 Å². The third-order valence-electron chi connectivity index (χ3n) is 2.56. The van der Waals surface area contributed by atoms with Crippen molar-refractivity contribution < 1.29 is 0 Å². The fourth-order valence-electron chi connectivity index (χ4n) is 1.71. The van der Waals surface area contributed by atoms with Crippen molar-refractivity contribution in [2.75, 3.05) is 0 Å². The molecule has 80 valence electrons. The maximum Gasteiger partial charge on any atom is 0.0703 e. The Balaban J connectivity index is 3.38. The van der Waals surface area contributed by atoms with Crippen LogP contribution in [0.3, 0.4) is 0 Å². The van der Waals surface area contributed by atoms with Gasteiger partial charge in [0.05, 0.1) is 5.69 Å². The van der Waals surface area contributed by atoms with Crippen LogP contribution in [0.1, 0.15) is 37.5 Å². The number of allylic oxidation sites excluding steroid dienone is 1. The van der Waals surface area contributed by atoms with Crippen LogP contribution in [-0.4, -0.2) is 6.21 Å². The van der Waals surface area contributed by atoms with Gasteiger partial charge in [-0.2, -0.15) is 0 Å². The first-order valence-electron chi connectivity index (χ1n) is 5.38. The van der Waals surface area contributed by atoms with E-state index < -0.39 is 0 Å². The van der Waals surface area contributed by atoms with Crippen LogP contribution in [0.5, 0.6) is 0 Å². The highest BCUT2D eigenvalue weighted by Crippen LogP contribution is 2.28. The lowest BCUT2D eigenvalue weighted by Gasteiger charge is -2.10. The minimum Gasteiger partial charge on any atom is -0.261 e. The fourth-order valence-corrected chi connectivity index (χ4v) is 1.71. The number of benzene rings is 1. The Labute approximate surface area is 92.6 Å². The van der Waals surface area contributed by atoms with Crippen LogP contribution < -0.4 is 0 Å². The smallest absolute Gasteiger partial charge is 0.0703 e. The Morgan fingerprint density at radius 2 is 2.13 bits per heavy atom. The van der Waals surface area contributed by atoms with Gasteiger partial charge in [0.15, 0.2) is 0 Å². The van der Waals surface area contributed by atoms with E-state index in [2.05, 4.69) is 37.6 Å². The number of hydrogen-bond acceptors (Lipinski definition) is 1. The molecular weight excluding hydrogens is 182 g/mol. The van der Waals surface area contributed by atoms with Gasteiger partial charge in [-0.1, -0.05) is 13.5 Å².